The number of aromatic carboxylic acids is 1. The molecule has 0 saturated heterocycles. The van der Waals surface area contributed by atoms with Crippen LogP contribution in [-0.4, -0.2) is 11.1 Å². The monoisotopic (exact) mass is 579 g/mol. The summed E-state index contributed by atoms with van der Waals surface area (Å²) in [6, 6.07) is 12.0. The molecule has 1 aromatic heterocycles. The normalized spacial score (nSPS) is 16.1. The predicted molar refractivity (Wildman–Crippen MR) is 179 cm³/mol. The highest BCUT2D eigenvalue weighted by atomic mass is 16.4. The molecule has 1 aliphatic carbocycles. The lowest BCUT2D eigenvalue weighted by atomic mass is 9.88. The molecule has 2 atom stereocenters. The molecule has 2 aromatic carbocycles. The molecule has 43 heavy (non-hydrogen) atoms. The Hall–Kier alpha value is -4.12. The van der Waals surface area contributed by atoms with Crippen molar-refractivity contribution in [2.45, 2.75) is 86.6 Å². The fourth-order valence-corrected chi connectivity index (χ4v) is 5.82. The molecule has 0 spiro atoms. The van der Waals surface area contributed by atoms with Crippen LogP contribution in [0.1, 0.15) is 107 Å². The lowest BCUT2D eigenvalue weighted by molar-refractivity contribution is 0.0698. The second-order valence-corrected chi connectivity index (χ2v) is 12.1. The third kappa shape index (κ3) is 7.64. The van der Waals surface area contributed by atoms with Crippen LogP contribution in [0.4, 0.5) is 5.69 Å². The number of fused-ring (bicyclic) bond motifs is 1. The highest BCUT2D eigenvalue weighted by Crippen LogP contribution is 2.33. The standard InChI is InChI=1S/C38H45NO4/c1-8-23(2)18-29-19-24(3)12-11-14-30(29)26(5)16-17-27(6)36-22-35(40)33-21-25(4)20-32(37(33)43-36)28(7)39-34-15-10-9-13-31(34)38(41)42/h9-10,13,15,17-22,26,28,39H,8,11-12,14,16H2,1-7H3,(H,41,42)/b23-18-,27-17-. The van der Waals surface area contributed by atoms with Crippen molar-refractivity contribution in [1.29, 1.82) is 0 Å². The zero-order valence-electron chi connectivity index (χ0n) is 26.6. The van der Waals surface area contributed by atoms with Crippen molar-refractivity contribution >= 4 is 28.2 Å². The number of hydrogen-bond donors (Lipinski definition) is 2. The van der Waals surface area contributed by atoms with Gasteiger partial charge in [-0.1, -0.05) is 67.0 Å². The molecule has 2 unspecified atom stereocenters. The molecule has 3 aromatic rings. The smallest absolute Gasteiger partial charge is 0.337 e. The van der Waals surface area contributed by atoms with Gasteiger partial charge in [-0.05, 0) is 108 Å². The van der Waals surface area contributed by atoms with E-state index in [1.165, 1.54) is 22.3 Å². The summed E-state index contributed by atoms with van der Waals surface area (Å²) in [4.78, 5) is 25.1. The maximum atomic E-state index is 13.4. The first-order chi connectivity index (χ1) is 20.5. The first kappa shape index (κ1) is 31.8. The molecule has 5 heteroatoms. The number of carboxylic acids is 1. The minimum Gasteiger partial charge on any atom is -0.478 e. The van der Waals surface area contributed by atoms with Crippen molar-refractivity contribution in [3.05, 3.63) is 116 Å². The molecule has 0 bridgehead atoms. The van der Waals surface area contributed by atoms with Gasteiger partial charge in [-0.25, -0.2) is 4.79 Å². The van der Waals surface area contributed by atoms with E-state index >= 15 is 0 Å². The zero-order valence-corrected chi connectivity index (χ0v) is 26.6. The average molecular weight is 580 g/mol. The van der Waals surface area contributed by atoms with E-state index in [2.05, 4.69) is 51.2 Å². The first-order valence-electron chi connectivity index (χ1n) is 15.4. The maximum Gasteiger partial charge on any atom is 0.337 e. The Morgan fingerprint density at radius 2 is 1.84 bits per heavy atom. The summed E-state index contributed by atoms with van der Waals surface area (Å²) in [5.74, 6) is -0.0833. The van der Waals surface area contributed by atoms with Gasteiger partial charge in [0.2, 0.25) is 0 Å². The Balaban J connectivity index is 1.68. The topological polar surface area (TPSA) is 79.5 Å². The Labute approximate surface area is 255 Å². The Bertz CT molecular complexity index is 1700. The van der Waals surface area contributed by atoms with Crippen molar-refractivity contribution in [1.82, 2.24) is 0 Å². The molecule has 0 fully saturated rings. The van der Waals surface area contributed by atoms with Crippen molar-refractivity contribution in [3.8, 4) is 0 Å². The van der Waals surface area contributed by atoms with Gasteiger partial charge in [-0.15, -0.1) is 0 Å². The van der Waals surface area contributed by atoms with E-state index in [1.54, 1.807) is 30.3 Å². The average Bonchev–Trinajstić information content (AvgIpc) is 3.16. The fourth-order valence-electron chi connectivity index (χ4n) is 5.82. The highest BCUT2D eigenvalue weighted by molar-refractivity contribution is 5.94. The van der Waals surface area contributed by atoms with E-state index in [1.807, 2.05) is 32.9 Å². The maximum absolute atomic E-state index is 13.4. The fraction of sp³-hybridized carbons (Fsp3) is 0.368. The van der Waals surface area contributed by atoms with Crippen molar-refractivity contribution in [3.63, 3.8) is 0 Å². The van der Waals surface area contributed by atoms with Gasteiger partial charge in [0.15, 0.2) is 5.43 Å². The Morgan fingerprint density at radius 1 is 1.09 bits per heavy atom. The number of allylic oxidation sites excluding steroid dienone is 8. The van der Waals surface area contributed by atoms with Gasteiger partial charge >= 0.3 is 5.97 Å². The number of rotatable bonds is 10. The molecule has 0 saturated carbocycles. The summed E-state index contributed by atoms with van der Waals surface area (Å²) in [6.45, 7) is 14.8. The molecule has 0 amide bonds. The van der Waals surface area contributed by atoms with Crippen LogP contribution in [-0.2, 0) is 0 Å². The van der Waals surface area contributed by atoms with E-state index in [0.717, 1.165) is 48.8 Å². The molecular formula is C38H45NO4. The summed E-state index contributed by atoms with van der Waals surface area (Å²) in [7, 11) is 0. The van der Waals surface area contributed by atoms with Crippen molar-refractivity contribution in [2.75, 3.05) is 5.32 Å². The number of para-hydroxylation sites is 1. The van der Waals surface area contributed by atoms with Crippen LogP contribution in [0.15, 0.2) is 92.2 Å². The molecule has 4 rings (SSSR count). The predicted octanol–water partition coefficient (Wildman–Crippen LogP) is 10.2. The lowest BCUT2D eigenvalue weighted by Crippen LogP contribution is -2.12. The molecule has 1 heterocycles. The van der Waals surface area contributed by atoms with Gasteiger partial charge in [0.25, 0.3) is 0 Å². The third-order valence-electron chi connectivity index (χ3n) is 8.51. The molecule has 0 aliphatic heterocycles. The first-order valence-corrected chi connectivity index (χ1v) is 15.4. The molecule has 226 valence electrons. The number of nitrogens with one attached hydrogen (secondary N) is 1. The van der Waals surface area contributed by atoms with Gasteiger partial charge in [0.05, 0.1) is 17.0 Å². The second-order valence-electron chi connectivity index (χ2n) is 12.1. The zero-order chi connectivity index (χ0) is 31.3. The number of carboxylic acid groups (broad SMARTS) is 1. The third-order valence-corrected chi connectivity index (χ3v) is 8.51. The molecular weight excluding hydrogens is 534 g/mol. The number of hydrogen-bond acceptors (Lipinski definition) is 4. The van der Waals surface area contributed by atoms with Gasteiger partial charge in [0, 0.05) is 17.3 Å². The van der Waals surface area contributed by atoms with Crippen LogP contribution >= 0.6 is 0 Å². The number of benzene rings is 2. The summed E-state index contributed by atoms with van der Waals surface area (Å²) >= 11 is 0. The van der Waals surface area contributed by atoms with Crippen LogP contribution in [0.25, 0.3) is 16.5 Å². The summed E-state index contributed by atoms with van der Waals surface area (Å²) < 4.78 is 6.47. The van der Waals surface area contributed by atoms with Gasteiger partial charge in [-0.2, -0.15) is 0 Å². The Kier molecular flexibility index (Phi) is 10.3. The SMILES string of the molecule is CC/C(C)=C\C1=C(C(C)C/C=C(/C)c2cc(=O)c3cc(C)cc(C(C)Nc4ccccc4C(=O)O)c3o2)CCCC(C)=C1. The lowest BCUT2D eigenvalue weighted by Gasteiger charge is -2.19. The largest absolute Gasteiger partial charge is 0.478 e. The minimum absolute atomic E-state index is 0.0883. The van der Waals surface area contributed by atoms with E-state index < -0.39 is 5.97 Å². The van der Waals surface area contributed by atoms with Crippen LogP contribution in [0.5, 0.6) is 0 Å². The number of carbonyl (C=O) groups is 1. The van der Waals surface area contributed by atoms with Crippen molar-refractivity contribution < 1.29 is 14.3 Å². The van der Waals surface area contributed by atoms with E-state index in [-0.39, 0.29) is 17.0 Å². The van der Waals surface area contributed by atoms with E-state index in [9.17, 15) is 14.7 Å². The minimum atomic E-state index is -0.998. The summed E-state index contributed by atoms with van der Waals surface area (Å²) in [5.41, 5.74) is 9.49. The summed E-state index contributed by atoms with van der Waals surface area (Å²) in [6.07, 6.45) is 12.2. The van der Waals surface area contributed by atoms with Gasteiger partial charge in [-0.3, -0.25) is 4.79 Å². The van der Waals surface area contributed by atoms with Gasteiger partial charge < -0.3 is 14.8 Å². The van der Waals surface area contributed by atoms with Crippen LogP contribution < -0.4 is 10.7 Å². The van der Waals surface area contributed by atoms with Crippen LogP contribution in [0.2, 0.25) is 0 Å². The number of anilines is 1. The second kappa shape index (κ2) is 13.9. The van der Waals surface area contributed by atoms with Crippen LogP contribution in [0, 0.1) is 12.8 Å². The van der Waals surface area contributed by atoms with Gasteiger partial charge in [0.1, 0.15) is 11.3 Å². The Morgan fingerprint density at radius 3 is 2.56 bits per heavy atom. The van der Waals surface area contributed by atoms with E-state index in [0.29, 0.717) is 28.3 Å². The molecule has 0 radical (unpaired) electrons. The van der Waals surface area contributed by atoms with E-state index in [4.69, 9.17) is 4.42 Å². The van der Waals surface area contributed by atoms with Crippen molar-refractivity contribution in [2.24, 2.45) is 5.92 Å². The quantitative estimate of drug-likeness (QED) is 0.250. The molecule has 1 aliphatic rings. The molecule has 2 N–H and O–H groups in total. The number of aryl methyl sites for hydroxylation is 1. The summed E-state index contributed by atoms with van der Waals surface area (Å²) in [5, 5.41) is 13.5. The van der Waals surface area contributed by atoms with Crippen LogP contribution in [0.3, 0.4) is 0 Å². The molecule has 5 nitrogen and oxygen atoms in total. The highest BCUT2D eigenvalue weighted by Gasteiger charge is 2.19.